The van der Waals surface area contributed by atoms with Crippen LogP contribution in [0.15, 0.2) is 34.6 Å². The molecular formula is C20H19N6NaO5S2. The van der Waals surface area contributed by atoms with Gasteiger partial charge in [0.05, 0.1) is 24.7 Å². The molecular weight excluding hydrogens is 491 g/mol. The van der Waals surface area contributed by atoms with E-state index in [-0.39, 0.29) is 47.6 Å². The first-order valence-corrected chi connectivity index (χ1v) is 12.2. The smallest absolute Gasteiger partial charge is 0.543 e. The molecule has 11 nitrogen and oxygen atoms in total. The molecule has 1 N–H and O–H groups in total. The Morgan fingerprint density at radius 1 is 1.38 bits per heavy atom. The Balaban J connectivity index is 0.00000274. The molecule has 0 bridgehead atoms. The summed E-state index contributed by atoms with van der Waals surface area (Å²) in [5, 5.41) is 25.9. The number of tetrazole rings is 1. The van der Waals surface area contributed by atoms with E-state index in [1.165, 1.54) is 33.1 Å². The molecule has 4 heterocycles. The van der Waals surface area contributed by atoms with E-state index in [4.69, 9.17) is 4.74 Å². The number of carbonyl (C=O) groups excluding carboxylic acids is 3. The average Bonchev–Trinajstić information content (AvgIpc) is 3.43. The summed E-state index contributed by atoms with van der Waals surface area (Å²) in [6.07, 6.45) is 0.941. The summed E-state index contributed by atoms with van der Waals surface area (Å²) in [6, 6.07) is 4.86. The van der Waals surface area contributed by atoms with Crippen molar-refractivity contribution < 1.29 is 53.8 Å². The van der Waals surface area contributed by atoms with Crippen LogP contribution in [0.4, 0.5) is 0 Å². The fourth-order valence-corrected chi connectivity index (χ4v) is 6.37. The number of nitrogens with one attached hydrogen (secondary N) is 1. The second-order valence-electron chi connectivity index (χ2n) is 7.79. The summed E-state index contributed by atoms with van der Waals surface area (Å²) >= 11 is 2.69. The molecule has 2 atom stereocenters. The molecule has 0 spiro atoms. The number of carbonyl (C=O) groups is 3. The maximum absolute atomic E-state index is 12.8. The first-order chi connectivity index (χ1) is 15.9. The number of carboxylic acid groups (broad SMARTS) is 1. The summed E-state index contributed by atoms with van der Waals surface area (Å²) in [7, 11) is 1.69. The SMILES string of the molecule is Cn1nnnc1SCC1=C(C(=O)[O-])N2C(=O)C(NC(=O)Cc3ccc4c(c3)CCO4)C2SC1.[Na+]. The van der Waals surface area contributed by atoms with Crippen molar-refractivity contribution >= 4 is 41.3 Å². The van der Waals surface area contributed by atoms with Crippen molar-refractivity contribution in [2.45, 2.75) is 29.4 Å². The minimum absolute atomic E-state index is 0. The molecule has 0 saturated carbocycles. The molecule has 2 unspecified atom stereocenters. The molecule has 34 heavy (non-hydrogen) atoms. The standard InChI is InChI=1S/C20H20N6O5S2.Na/c1-25-20(22-23-24-25)33-9-12-8-32-18-15(17(28)26(18)16(12)19(29)30)21-14(27)7-10-2-3-13-11(6-10)4-5-31-13;/h2-3,6,15,18H,4-5,7-9H2,1H3,(H,21,27)(H,29,30);/q;+1/p-1. The Hall–Kier alpha value is -2.06. The van der Waals surface area contributed by atoms with Gasteiger partial charge in [-0.1, -0.05) is 23.9 Å². The van der Waals surface area contributed by atoms with Crippen LogP contribution in [0.5, 0.6) is 5.75 Å². The molecule has 1 fully saturated rings. The summed E-state index contributed by atoms with van der Waals surface area (Å²) in [6.45, 7) is 0.639. The number of nitrogens with zero attached hydrogens (tertiary/aromatic N) is 5. The van der Waals surface area contributed by atoms with Gasteiger partial charge in [0.1, 0.15) is 17.2 Å². The first-order valence-electron chi connectivity index (χ1n) is 10.2. The Kier molecular flexibility index (Phi) is 7.57. The molecule has 1 aromatic heterocycles. The number of thioether (sulfide) groups is 2. The molecule has 5 rings (SSSR count). The molecule has 2 aromatic rings. The fourth-order valence-electron chi connectivity index (χ4n) is 4.04. The van der Waals surface area contributed by atoms with Gasteiger partial charge in [0.2, 0.25) is 11.1 Å². The Bertz CT molecular complexity index is 1190. The molecule has 0 radical (unpaired) electrons. The molecule has 172 valence electrons. The number of ether oxygens (including phenoxy) is 1. The van der Waals surface area contributed by atoms with Crippen LogP contribution in [-0.2, 0) is 34.3 Å². The number of amides is 2. The van der Waals surface area contributed by atoms with Crippen LogP contribution in [0.2, 0.25) is 0 Å². The van der Waals surface area contributed by atoms with Crippen LogP contribution < -0.4 is 44.7 Å². The Morgan fingerprint density at radius 3 is 2.94 bits per heavy atom. The molecule has 14 heteroatoms. The number of aromatic nitrogens is 4. The molecule has 2 amide bonds. The third-order valence-corrected chi connectivity index (χ3v) is 8.07. The number of hydrogen-bond acceptors (Lipinski definition) is 10. The number of β-lactam (4-membered cyclic amide) rings is 1. The van der Waals surface area contributed by atoms with Crippen LogP contribution >= 0.6 is 23.5 Å². The number of benzene rings is 1. The third-order valence-electron chi connectivity index (χ3n) is 5.63. The zero-order valence-corrected chi connectivity index (χ0v) is 22.1. The van der Waals surface area contributed by atoms with E-state index in [0.29, 0.717) is 28.8 Å². The largest absolute Gasteiger partial charge is 1.00 e. The number of aryl methyl sites for hydroxylation is 1. The van der Waals surface area contributed by atoms with Gasteiger partial charge in [-0.25, -0.2) is 4.68 Å². The zero-order chi connectivity index (χ0) is 23.1. The third kappa shape index (κ3) is 4.71. The van der Waals surface area contributed by atoms with E-state index in [9.17, 15) is 19.5 Å². The van der Waals surface area contributed by atoms with Crippen LogP contribution in [0, 0.1) is 0 Å². The van der Waals surface area contributed by atoms with Crippen LogP contribution in [0.3, 0.4) is 0 Å². The number of hydrogen-bond donors (Lipinski definition) is 1. The van der Waals surface area contributed by atoms with Crippen molar-refractivity contribution in [1.29, 1.82) is 0 Å². The number of carboxylic acids is 1. The van der Waals surface area contributed by atoms with Gasteiger partial charge in [0, 0.05) is 25.0 Å². The second kappa shape index (κ2) is 10.3. The predicted molar refractivity (Wildman–Crippen MR) is 116 cm³/mol. The minimum atomic E-state index is -1.41. The van der Waals surface area contributed by atoms with E-state index in [0.717, 1.165) is 23.3 Å². The Labute approximate surface area is 225 Å². The summed E-state index contributed by atoms with van der Waals surface area (Å²) in [5.74, 6) is -0.612. The van der Waals surface area contributed by atoms with Crippen LogP contribution in [-0.4, -0.2) is 72.4 Å². The van der Waals surface area contributed by atoms with Gasteiger partial charge in [-0.3, -0.25) is 14.5 Å². The normalized spacial score (nSPS) is 20.6. The van der Waals surface area contributed by atoms with Crippen LogP contribution in [0.25, 0.3) is 0 Å². The van der Waals surface area contributed by atoms with Crippen molar-refractivity contribution in [3.8, 4) is 5.75 Å². The van der Waals surface area contributed by atoms with Gasteiger partial charge in [-0.2, -0.15) is 0 Å². The summed E-state index contributed by atoms with van der Waals surface area (Å²) < 4.78 is 6.96. The quantitative estimate of drug-likeness (QED) is 0.222. The van der Waals surface area contributed by atoms with Crippen molar-refractivity contribution in [2.24, 2.45) is 7.05 Å². The first kappa shape index (κ1) is 25.0. The van der Waals surface area contributed by atoms with E-state index in [2.05, 4.69) is 20.8 Å². The minimum Gasteiger partial charge on any atom is -0.543 e. The van der Waals surface area contributed by atoms with Crippen molar-refractivity contribution in [3.05, 3.63) is 40.6 Å². The van der Waals surface area contributed by atoms with E-state index < -0.39 is 23.3 Å². The van der Waals surface area contributed by atoms with Crippen molar-refractivity contribution in [2.75, 3.05) is 18.1 Å². The average molecular weight is 511 g/mol. The molecule has 3 aliphatic heterocycles. The topological polar surface area (TPSA) is 142 Å². The van der Waals surface area contributed by atoms with Crippen LogP contribution in [0.1, 0.15) is 11.1 Å². The van der Waals surface area contributed by atoms with Crippen molar-refractivity contribution in [3.63, 3.8) is 0 Å². The van der Waals surface area contributed by atoms with Gasteiger partial charge in [0.25, 0.3) is 5.91 Å². The summed E-state index contributed by atoms with van der Waals surface area (Å²) in [5.41, 5.74) is 2.34. The number of fused-ring (bicyclic) bond motifs is 2. The number of aliphatic carboxylic acids is 1. The maximum atomic E-state index is 12.8. The van der Waals surface area contributed by atoms with Gasteiger partial charge in [-0.15, -0.1) is 16.9 Å². The summed E-state index contributed by atoms with van der Waals surface area (Å²) in [4.78, 5) is 38.5. The predicted octanol–water partition coefficient (Wildman–Crippen LogP) is -4.11. The van der Waals surface area contributed by atoms with Gasteiger partial charge in [0.15, 0.2) is 0 Å². The second-order valence-corrected chi connectivity index (χ2v) is 9.83. The van der Waals surface area contributed by atoms with Gasteiger partial charge in [-0.05, 0) is 33.2 Å². The van der Waals surface area contributed by atoms with E-state index in [1.807, 2.05) is 18.2 Å². The van der Waals surface area contributed by atoms with Gasteiger partial charge < -0.3 is 20.0 Å². The van der Waals surface area contributed by atoms with Crippen molar-refractivity contribution in [1.82, 2.24) is 30.4 Å². The van der Waals surface area contributed by atoms with Gasteiger partial charge >= 0.3 is 29.6 Å². The maximum Gasteiger partial charge on any atom is 1.00 e. The fraction of sp³-hybridized carbons (Fsp3) is 0.400. The number of rotatable bonds is 7. The van der Waals surface area contributed by atoms with E-state index in [1.54, 1.807) is 7.05 Å². The molecule has 1 aromatic carbocycles. The monoisotopic (exact) mass is 510 g/mol. The molecule has 3 aliphatic rings. The zero-order valence-electron chi connectivity index (χ0n) is 18.5. The van der Waals surface area contributed by atoms with E-state index >= 15 is 0 Å². The molecule has 0 aliphatic carbocycles. The molecule has 1 saturated heterocycles. The Morgan fingerprint density at radius 2 is 2.21 bits per heavy atom.